The van der Waals surface area contributed by atoms with Gasteiger partial charge in [-0.2, -0.15) is 0 Å². The summed E-state index contributed by atoms with van der Waals surface area (Å²) in [7, 11) is 0. The van der Waals surface area contributed by atoms with Crippen molar-refractivity contribution in [2.24, 2.45) is 22.5 Å². The molecule has 3 saturated heterocycles. The Morgan fingerprint density at radius 2 is 1.70 bits per heavy atom. The van der Waals surface area contributed by atoms with Crippen molar-refractivity contribution in [1.82, 2.24) is 45.8 Å². The van der Waals surface area contributed by atoms with E-state index in [2.05, 4.69) is 62.9 Å². The number of alkyl halides is 1. The number of hydrogen-bond acceptors (Lipinski definition) is 17. The van der Waals surface area contributed by atoms with Crippen molar-refractivity contribution in [3.63, 3.8) is 0 Å². The number of carbonyl (C=O) groups excluding carboxylic acids is 5. The van der Waals surface area contributed by atoms with Gasteiger partial charge in [0.1, 0.15) is 35.3 Å². The average molecular weight is 1200 g/mol. The Bertz CT molecular complexity index is 3110. The van der Waals surface area contributed by atoms with Crippen LogP contribution in [0.5, 0.6) is 5.75 Å². The third-order valence-electron chi connectivity index (χ3n) is 16.2. The van der Waals surface area contributed by atoms with E-state index >= 15 is 0 Å². The number of hydrogen-bond donors (Lipinski definition) is 6. The molecule has 2 aromatic carbocycles. The molecule has 9 rings (SSSR count). The van der Waals surface area contributed by atoms with E-state index in [9.17, 15) is 33.5 Å². The fourth-order valence-corrected chi connectivity index (χ4v) is 12.5. The highest BCUT2D eigenvalue weighted by atomic mass is 35.5. The van der Waals surface area contributed by atoms with E-state index in [0.29, 0.717) is 57.4 Å². The van der Waals surface area contributed by atoms with Gasteiger partial charge >= 0.3 is 0 Å². The van der Waals surface area contributed by atoms with Crippen molar-refractivity contribution < 1.29 is 38.2 Å². The standard InChI is InChI=1S/C59H75ClFN13O7S2/c1-36-50(82-35-69-36)38-12-13-39(28-66-53(78)43-27-41(75)33-74(43)54(79)51(57(2,3)4)71-55(80)59(61)16-17-59)44(26-38)81-25-20-63-52(77)40-29-67-56(68-30-40)73-21-14-37(15-22-73)8-6-11-47(76)70-42-9-7-10-45(49(42)60)83-48-32-64-46(31-65-48)72-23-18-58(5,34-62)19-24-72/h7,9-10,12-13,26,29-32,35,37,41,43,51,75H,6,8,11,14-25,27-28,33-34,62H2,1-5H3,(H,63,77)(H,66,78)(H,70,76)(H,71,80)/t41-,43+,51-/m1/s1. The lowest BCUT2D eigenvalue weighted by Gasteiger charge is -2.39. The lowest BCUT2D eigenvalue weighted by atomic mass is 9.80. The van der Waals surface area contributed by atoms with E-state index in [1.165, 1.54) is 40.4 Å². The maximum absolute atomic E-state index is 14.7. The van der Waals surface area contributed by atoms with Gasteiger partial charge in [0, 0.05) is 75.0 Å². The normalized spacial score (nSPS) is 19.0. The van der Waals surface area contributed by atoms with Gasteiger partial charge in [-0.3, -0.25) is 24.0 Å². The van der Waals surface area contributed by atoms with E-state index in [1.54, 1.807) is 44.7 Å². The Morgan fingerprint density at radius 3 is 2.36 bits per heavy atom. The molecule has 4 fully saturated rings. The SMILES string of the molecule is Cc1ncsc1-c1ccc(CNC(=O)[C@@H]2C[C@@H](O)CN2C(=O)[C@@H](NC(=O)C2(F)CC2)C(C)(C)C)c(OCCNC(=O)c2cnc(N3CCC(CCCC(=O)Nc4cccc(Sc5cnc(N6CCC(C)(CN)CC6)cn5)c4Cl)CC3)nc2)c1. The second-order valence-corrected chi connectivity index (χ2v) is 25.9. The van der Waals surface area contributed by atoms with Crippen LogP contribution in [-0.4, -0.2) is 141 Å². The molecule has 20 nitrogen and oxygen atoms in total. The van der Waals surface area contributed by atoms with Gasteiger partial charge in [-0.05, 0) is 105 Å². The Hall–Kier alpha value is -6.53. The Morgan fingerprint density at radius 1 is 0.952 bits per heavy atom. The van der Waals surface area contributed by atoms with E-state index in [-0.39, 0.29) is 62.7 Å². The molecular formula is C59H75ClFN13O7S2. The summed E-state index contributed by atoms with van der Waals surface area (Å²) in [4.78, 5) is 97.1. The lowest BCUT2D eigenvalue weighted by molar-refractivity contribution is -0.145. The third-order valence-corrected chi connectivity index (χ3v) is 18.7. The third kappa shape index (κ3) is 15.4. The van der Waals surface area contributed by atoms with E-state index < -0.39 is 47.0 Å². The van der Waals surface area contributed by atoms with Gasteiger partial charge in [0.05, 0.1) is 57.4 Å². The number of ether oxygens (including phenoxy) is 1. The van der Waals surface area contributed by atoms with Crippen molar-refractivity contribution in [3.05, 3.63) is 88.5 Å². The highest BCUT2D eigenvalue weighted by Gasteiger charge is 2.53. The number of benzene rings is 2. The molecule has 0 spiro atoms. The van der Waals surface area contributed by atoms with Crippen molar-refractivity contribution in [3.8, 4) is 16.2 Å². The molecule has 1 aliphatic carbocycles. The van der Waals surface area contributed by atoms with Crippen LogP contribution in [0.25, 0.3) is 10.4 Å². The molecule has 3 atom stereocenters. The molecule has 0 unspecified atom stereocenters. The van der Waals surface area contributed by atoms with Crippen LogP contribution < -0.4 is 41.5 Å². The summed E-state index contributed by atoms with van der Waals surface area (Å²) in [5, 5.41) is 23.2. The maximum Gasteiger partial charge on any atom is 0.258 e. The lowest BCUT2D eigenvalue weighted by Crippen LogP contribution is -2.59. The second kappa shape index (κ2) is 26.6. The van der Waals surface area contributed by atoms with E-state index in [0.717, 1.165) is 91.6 Å². The molecular weight excluding hydrogens is 1120 g/mol. The number of nitrogens with two attached hydrogens (primary N) is 1. The number of anilines is 3. The summed E-state index contributed by atoms with van der Waals surface area (Å²) in [6.07, 6.45) is 11.7. The van der Waals surface area contributed by atoms with Crippen LogP contribution in [0.1, 0.15) is 114 Å². The van der Waals surface area contributed by atoms with Crippen molar-refractivity contribution in [1.29, 1.82) is 0 Å². The maximum atomic E-state index is 14.7. The van der Waals surface area contributed by atoms with Gasteiger partial charge in [-0.25, -0.2) is 29.3 Å². The number of aliphatic hydroxyl groups is 1. The summed E-state index contributed by atoms with van der Waals surface area (Å²) < 4.78 is 21.0. The number of nitrogens with zero attached hydrogens (tertiary/aromatic N) is 8. The smallest absolute Gasteiger partial charge is 0.258 e. The molecule has 5 amide bonds. The monoisotopic (exact) mass is 1200 g/mol. The minimum absolute atomic E-state index is 0.0116. The van der Waals surface area contributed by atoms with Crippen LogP contribution in [0.15, 0.2) is 76.6 Å². The molecule has 24 heteroatoms. The van der Waals surface area contributed by atoms with Gasteiger partial charge in [0.15, 0.2) is 5.67 Å². The number of aryl methyl sites for hydroxylation is 1. The van der Waals surface area contributed by atoms with Crippen LogP contribution in [-0.2, 0) is 25.7 Å². The fourth-order valence-electron chi connectivity index (χ4n) is 10.6. The zero-order chi connectivity index (χ0) is 59.1. The number of halogens is 2. The second-order valence-electron chi connectivity index (χ2n) is 23.6. The largest absolute Gasteiger partial charge is 0.491 e. The van der Waals surface area contributed by atoms with Gasteiger partial charge in [0.2, 0.25) is 23.7 Å². The molecule has 0 bridgehead atoms. The highest BCUT2D eigenvalue weighted by molar-refractivity contribution is 7.99. The minimum Gasteiger partial charge on any atom is -0.491 e. The molecule has 5 aromatic rings. The average Bonchev–Trinajstić information content (AvgIpc) is 3.61. The van der Waals surface area contributed by atoms with Crippen LogP contribution in [0, 0.1) is 23.7 Å². The Kier molecular flexibility index (Phi) is 19.6. The van der Waals surface area contributed by atoms with Crippen molar-refractivity contribution in [2.75, 3.05) is 67.5 Å². The zero-order valence-electron chi connectivity index (χ0n) is 47.7. The first kappa shape index (κ1) is 61.0. The topological polar surface area (TPSA) is 263 Å². The van der Waals surface area contributed by atoms with Gasteiger partial charge in [0.25, 0.3) is 11.8 Å². The number of aromatic nitrogens is 5. The first-order valence-corrected chi connectivity index (χ1v) is 30.6. The summed E-state index contributed by atoms with van der Waals surface area (Å²) in [5.41, 5.74) is 8.27. The number of piperidine rings is 2. The number of aliphatic hydroxyl groups excluding tert-OH is 1. The van der Waals surface area contributed by atoms with Gasteiger partial charge < -0.3 is 51.5 Å². The first-order chi connectivity index (χ1) is 39.7. The first-order valence-electron chi connectivity index (χ1n) is 28.5. The van der Waals surface area contributed by atoms with Crippen molar-refractivity contribution >= 4 is 81.7 Å². The molecule has 7 N–H and O–H groups in total. The molecule has 6 heterocycles. The van der Waals surface area contributed by atoms with Crippen LogP contribution in [0.3, 0.4) is 0 Å². The Labute approximate surface area is 497 Å². The van der Waals surface area contributed by atoms with E-state index in [1.807, 2.05) is 37.3 Å². The predicted molar refractivity (Wildman–Crippen MR) is 318 cm³/mol. The molecule has 83 heavy (non-hydrogen) atoms. The van der Waals surface area contributed by atoms with Crippen LogP contribution >= 0.6 is 34.7 Å². The number of carbonyl (C=O) groups is 5. The molecule has 3 aromatic heterocycles. The number of amides is 5. The number of likely N-dealkylation sites (tertiary alicyclic amines) is 1. The summed E-state index contributed by atoms with van der Waals surface area (Å²) in [6.45, 7) is 13.5. The molecule has 444 valence electrons. The number of thiazole rings is 1. The molecule has 3 aliphatic heterocycles. The fraction of sp³-hybridized carbons (Fsp3) is 0.525. The van der Waals surface area contributed by atoms with Gasteiger partial charge in [-0.1, -0.05) is 69.3 Å². The predicted octanol–water partition coefficient (Wildman–Crippen LogP) is 7.51. The number of β-amino-alcohol motifs (C(OH)–C–C–N with tert-alkyl or cyclic N) is 1. The zero-order valence-corrected chi connectivity index (χ0v) is 50.1. The molecule has 1 saturated carbocycles. The quantitative estimate of drug-likeness (QED) is 0.0366. The number of nitrogens with one attached hydrogen (secondary N) is 4. The summed E-state index contributed by atoms with van der Waals surface area (Å²) in [6, 6.07) is 8.99. The summed E-state index contributed by atoms with van der Waals surface area (Å²) in [5.74, 6) is -0.108. The van der Waals surface area contributed by atoms with Gasteiger partial charge in [-0.15, -0.1) is 11.3 Å². The number of rotatable bonds is 22. The molecule has 4 aliphatic rings. The van der Waals surface area contributed by atoms with E-state index in [4.69, 9.17) is 22.1 Å². The minimum atomic E-state index is -2.00. The molecule has 0 radical (unpaired) electrons. The Balaban J connectivity index is 0.704. The van der Waals surface area contributed by atoms with Crippen LogP contribution in [0.2, 0.25) is 5.02 Å². The van der Waals surface area contributed by atoms with Crippen LogP contribution in [0.4, 0.5) is 21.8 Å². The highest BCUT2D eigenvalue weighted by Crippen LogP contribution is 2.41. The summed E-state index contributed by atoms with van der Waals surface area (Å²) >= 11 is 9.68. The van der Waals surface area contributed by atoms with Crippen molar-refractivity contribution in [2.45, 2.75) is 139 Å².